The first-order valence-corrected chi connectivity index (χ1v) is 6.47. The quantitative estimate of drug-likeness (QED) is 0.667. The minimum absolute atomic E-state index is 0.473. The van der Waals surface area contributed by atoms with Gasteiger partial charge in [-0.2, -0.15) is 0 Å². The Morgan fingerprint density at radius 2 is 1.90 bits per heavy atom. The van der Waals surface area contributed by atoms with Gasteiger partial charge in [0.25, 0.3) is 0 Å². The van der Waals surface area contributed by atoms with Crippen molar-refractivity contribution in [3.05, 3.63) is 66.2 Å². The van der Waals surface area contributed by atoms with E-state index in [9.17, 15) is 4.79 Å². The van der Waals surface area contributed by atoms with E-state index in [0.29, 0.717) is 18.7 Å². The monoisotopic (exact) mass is 266 g/mol. The molecule has 4 nitrogen and oxygen atoms in total. The number of hydrogen-bond donors (Lipinski definition) is 0. The highest BCUT2D eigenvalue weighted by Gasteiger charge is 2.09. The molecule has 0 N–H and O–H groups in total. The zero-order chi connectivity index (χ0) is 13.8. The van der Waals surface area contributed by atoms with Gasteiger partial charge in [-0.05, 0) is 24.3 Å². The van der Waals surface area contributed by atoms with Crippen LogP contribution < -0.4 is 4.74 Å². The third-order valence-corrected chi connectivity index (χ3v) is 3.10. The molecule has 4 heteroatoms. The predicted octanol–water partition coefficient (Wildman–Crippen LogP) is 2.77. The lowest BCUT2D eigenvalue weighted by Crippen LogP contribution is -2.04. The second kappa shape index (κ2) is 5.57. The molecule has 3 aromatic rings. The summed E-state index contributed by atoms with van der Waals surface area (Å²) in [5.41, 5.74) is 1.30. The molecule has 0 amide bonds. The first kappa shape index (κ1) is 12.4. The SMILES string of the molecule is O=Cc1nc(CCOc2ccccc2)n2ccccc12. The molecule has 0 aliphatic carbocycles. The van der Waals surface area contributed by atoms with Crippen molar-refractivity contribution in [2.24, 2.45) is 0 Å². The number of ether oxygens (including phenoxy) is 1. The summed E-state index contributed by atoms with van der Waals surface area (Å²) >= 11 is 0. The highest BCUT2D eigenvalue weighted by molar-refractivity contribution is 5.83. The molecular formula is C16H14N2O2. The Kier molecular flexibility index (Phi) is 3.46. The Bertz CT molecular complexity index is 720. The second-order valence-corrected chi connectivity index (χ2v) is 4.40. The molecular weight excluding hydrogens is 252 g/mol. The smallest absolute Gasteiger partial charge is 0.170 e. The number of imidazole rings is 1. The van der Waals surface area contributed by atoms with E-state index in [4.69, 9.17) is 4.74 Å². The summed E-state index contributed by atoms with van der Waals surface area (Å²) in [7, 11) is 0. The summed E-state index contributed by atoms with van der Waals surface area (Å²) in [6, 6.07) is 15.4. The van der Waals surface area contributed by atoms with Gasteiger partial charge in [-0.25, -0.2) is 4.98 Å². The molecule has 1 aromatic carbocycles. The molecule has 0 saturated carbocycles. The van der Waals surface area contributed by atoms with Crippen LogP contribution in [0, 0.1) is 0 Å². The molecule has 0 atom stereocenters. The number of fused-ring (bicyclic) bond motifs is 1. The summed E-state index contributed by atoms with van der Waals surface area (Å²) in [4.78, 5) is 15.4. The highest BCUT2D eigenvalue weighted by atomic mass is 16.5. The minimum Gasteiger partial charge on any atom is -0.493 e. The number of para-hydroxylation sites is 1. The van der Waals surface area contributed by atoms with Gasteiger partial charge in [0.2, 0.25) is 0 Å². The van der Waals surface area contributed by atoms with Crippen molar-refractivity contribution in [3.8, 4) is 5.75 Å². The highest BCUT2D eigenvalue weighted by Crippen LogP contribution is 2.13. The van der Waals surface area contributed by atoms with Crippen molar-refractivity contribution in [2.45, 2.75) is 6.42 Å². The van der Waals surface area contributed by atoms with E-state index in [1.54, 1.807) is 0 Å². The normalized spacial score (nSPS) is 10.6. The van der Waals surface area contributed by atoms with Crippen molar-refractivity contribution < 1.29 is 9.53 Å². The molecule has 2 heterocycles. The van der Waals surface area contributed by atoms with Gasteiger partial charge in [-0.3, -0.25) is 4.79 Å². The van der Waals surface area contributed by atoms with Gasteiger partial charge in [0, 0.05) is 12.6 Å². The van der Waals surface area contributed by atoms with Crippen LogP contribution in [0.2, 0.25) is 0 Å². The number of carbonyl (C=O) groups is 1. The average Bonchev–Trinajstić information content (AvgIpc) is 2.87. The van der Waals surface area contributed by atoms with Crippen LogP contribution in [-0.2, 0) is 6.42 Å². The fraction of sp³-hybridized carbons (Fsp3) is 0.125. The summed E-state index contributed by atoms with van der Waals surface area (Å²) in [6.45, 7) is 0.524. The third kappa shape index (κ3) is 2.40. The molecule has 3 rings (SSSR count). The maximum absolute atomic E-state index is 11.0. The third-order valence-electron chi connectivity index (χ3n) is 3.10. The van der Waals surface area contributed by atoms with E-state index in [-0.39, 0.29) is 0 Å². The number of rotatable bonds is 5. The van der Waals surface area contributed by atoms with Crippen molar-refractivity contribution >= 4 is 11.8 Å². The molecule has 0 spiro atoms. The summed E-state index contributed by atoms with van der Waals surface area (Å²) in [5.74, 6) is 1.67. The molecule has 0 aliphatic rings. The summed E-state index contributed by atoms with van der Waals surface area (Å²) < 4.78 is 7.59. The molecule has 0 radical (unpaired) electrons. The number of nitrogens with zero attached hydrogens (tertiary/aromatic N) is 2. The Hall–Kier alpha value is -2.62. The number of aromatic nitrogens is 2. The Balaban J connectivity index is 1.76. The molecule has 0 bridgehead atoms. The average molecular weight is 266 g/mol. The van der Waals surface area contributed by atoms with E-state index in [0.717, 1.165) is 23.4 Å². The lowest BCUT2D eigenvalue weighted by atomic mass is 10.3. The van der Waals surface area contributed by atoms with Crippen molar-refractivity contribution in [1.82, 2.24) is 9.38 Å². The van der Waals surface area contributed by atoms with Crippen LogP contribution in [0.3, 0.4) is 0 Å². The predicted molar refractivity (Wildman–Crippen MR) is 76.2 cm³/mol. The van der Waals surface area contributed by atoms with Crippen LogP contribution in [0.4, 0.5) is 0 Å². The zero-order valence-corrected chi connectivity index (χ0v) is 10.9. The number of benzene rings is 1. The molecule has 100 valence electrons. The summed E-state index contributed by atoms with van der Waals surface area (Å²) in [6.07, 6.45) is 3.35. The van der Waals surface area contributed by atoms with Gasteiger partial charge in [-0.15, -0.1) is 0 Å². The maximum atomic E-state index is 11.0. The summed E-state index contributed by atoms with van der Waals surface area (Å²) in [5, 5.41) is 0. The van der Waals surface area contributed by atoms with E-state index in [1.807, 2.05) is 59.1 Å². The number of hydrogen-bond acceptors (Lipinski definition) is 3. The molecule has 0 saturated heterocycles. The molecule has 20 heavy (non-hydrogen) atoms. The number of pyridine rings is 1. The topological polar surface area (TPSA) is 43.6 Å². The van der Waals surface area contributed by atoms with Crippen LogP contribution in [0.5, 0.6) is 5.75 Å². The maximum Gasteiger partial charge on any atom is 0.170 e. The van der Waals surface area contributed by atoms with Crippen LogP contribution in [-0.4, -0.2) is 22.3 Å². The van der Waals surface area contributed by atoms with Crippen LogP contribution >= 0.6 is 0 Å². The lowest BCUT2D eigenvalue weighted by molar-refractivity contribution is 0.112. The van der Waals surface area contributed by atoms with Gasteiger partial charge in [0.15, 0.2) is 6.29 Å². The molecule has 2 aromatic heterocycles. The van der Waals surface area contributed by atoms with Crippen LogP contribution in [0.25, 0.3) is 5.52 Å². The van der Waals surface area contributed by atoms with E-state index in [2.05, 4.69) is 4.98 Å². The lowest BCUT2D eigenvalue weighted by Gasteiger charge is -2.05. The Labute approximate surface area is 116 Å². The Morgan fingerprint density at radius 3 is 2.70 bits per heavy atom. The molecule has 0 fully saturated rings. The minimum atomic E-state index is 0.473. The van der Waals surface area contributed by atoms with Gasteiger partial charge in [0.1, 0.15) is 17.3 Å². The fourth-order valence-corrected chi connectivity index (χ4v) is 2.17. The zero-order valence-electron chi connectivity index (χ0n) is 10.9. The molecule has 0 unspecified atom stereocenters. The molecule has 0 aliphatic heterocycles. The van der Waals surface area contributed by atoms with Gasteiger partial charge < -0.3 is 9.14 Å². The van der Waals surface area contributed by atoms with Crippen LogP contribution in [0.1, 0.15) is 16.3 Å². The first-order chi connectivity index (χ1) is 9.88. The van der Waals surface area contributed by atoms with Crippen molar-refractivity contribution in [3.63, 3.8) is 0 Å². The second-order valence-electron chi connectivity index (χ2n) is 4.40. The number of aldehydes is 1. The fourth-order valence-electron chi connectivity index (χ4n) is 2.17. The van der Waals surface area contributed by atoms with Gasteiger partial charge in [-0.1, -0.05) is 24.3 Å². The first-order valence-electron chi connectivity index (χ1n) is 6.47. The van der Waals surface area contributed by atoms with Gasteiger partial charge >= 0.3 is 0 Å². The van der Waals surface area contributed by atoms with Crippen molar-refractivity contribution in [2.75, 3.05) is 6.61 Å². The van der Waals surface area contributed by atoms with E-state index >= 15 is 0 Å². The van der Waals surface area contributed by atoms with Crippen LogP contribution in [0.15, 0.2) is 54.7 Å². The van der Waals surface area contributed by atoms with E-state index in [1.165, 1.54) is 0 Å². The largest absolute Gasteiger partial charge is 0.493 e. The van der Waals surface area contributed by atoms with Crippen molar-refractivity contribution in [1.29, 1.82) is 0 Å². The van der Waals surface area contributed by atoms with Gasteiger partial charge in [0.05, 0.1) is 12.1 Å². The standard InChI is InChI=1S/C16H14N2O2/c19-12-14-15-8-4-5-10-18(15)16(17-14)9-11-20-13-6-2-1-3-7-13/h1-8,10,12H,9,11H2. The Morgan fingerprint density at radius 1 is 1.10 bits per heavy atom. The number of carbonyl (C=O) groups excluding carboxylic acids is 1. The van der Waals surface area contributed by atoms with E-state index < -0.39 is 0 Å².